The van der Waals surface area contributed by atoms with Crippen molar-refractivity contribution in [3.05, 3.63) is 35.6 Å². The molecule has 0 unspecified atom stereocenters. The van der Waals surface area contributed by atoms with Gasteiger partial charge in [-0.25, -0.2) is 0 Å². The van der Waals surface area contributed by atoms with Gasteiger partial charge in [0.1, 0.15) is 18.0 Å². The molecule has 0 saturated heterocycles. The molecule has 0 bridgehead atoms. The normalized spacial score (nSPS) is 15.7. The summed E-state index contributed by atoms with van der Waals surface area (Å²) < 4.78 is 11.9. The molecule has 0 spiro atoms. The molecular formula is C17H23NO2. The molecule has 1 heterocycles. The van der Waals surface area contributed by atoms with E-state index in [9.17, 15) is 0 Å². The lowest BCUT2D eigenvalue weighted by Crippen LogP contribution is -2.21. The maximum Gasteiger partial charge on any atom is 0.135 e. The van der Waals surface area contributed by atoms with Crippen molar-refractivity contribution in [3.63, 3.8) is 0 Å². The van der Waals surface area contributed by atoms with Gasteiger partial charge in [0.2, 0.25) is 0 Å². The van der Waals surface area contributed by atoms with Gasteiger partial charge < -0.3 is 14.5 Å². The van der Waals surface area contributed by atoms with Crippen LogP contribution in [-0.2, 0) is 17.9 Å². The highest BCUT2D eigenvalue weighted by Gasteiger charge is 2.20. The van der Waals surface area contributed by atoms with E-state index in [1.807, 2.05) is 12.1 Å². The third-order valence-electron chi connectivity index (χ3n) is 4.01. The van der Waals surface area contributed by atoms with Gasteiger partial charge in [-0.3, -0.25) is 0 Å². The molecule has 1 aromatic carbocycles. The Hall–Kier alpha value is -1.32. The first kappa shape index (κ1) is 13.7. The van der Waals surface area contributed by atoms with Gasteiger partial charge in [0.25, 0.3) is 0 Å². The Labute approximate surface area is 120 Å². The Morgan fingerprint density at radius 1 is 1.30 bits per heavy atom. The predicted molar refractivity (Wildman–Crippen MR) is 80.6 cm³/mol. The van der Waals surface area contributed by atoms with E-state index in [2.05, 4.69) is 24.4 Å². The summed E-state index contributed by atoms with van der Waals surface area (Å²) in [5.74, 6) is 0.988. The van der Waals surface area contributed by atoms with Gasteiger partial charge in [0, 0.05) is 17.5 Å². The minimum absolute atomic E-state index is 0.444. The first-order valence-corrected chi connectivity index (χ1v) is 7.70. The zero-order valence-electron chi connectivity index (χ0n) is 12.2. The number of hydrogen-bond acceptors (Lipinski definition) is 3. The molecule has 3 nitrogen and oxygen atoms in total. The number of furan rings is 1. The molecule has 3 heteroatoms. The van der Waals surface area contributed by atoms with E-state index in [4.69, 9.17) is 9.15 Å². The monoisotopic (exact) mass is 273 g/mol. The quantitative estimate of drug-likeness (QED) is 0.774. The second-order valence-corrected chi connectivity index (χ2v) is 5.54. The van der Waals surface area contributed by atoms with Crippen LogP contribution < -0.4 is 5.32 Å². The second-order valence-electron chi connectivity index (χ2n) is 5.54. The van der Waals surface area contributed by atoms with Crippen LogP contribution in [0, 0.1) is 0 Å². The van der Waals surface area contributed by atoms with Gasteiger partial charge in [-0.2, -0.15) is 0 Å². The molecule has 3 rings (SSSR count). The topological polar surface area (TPSA) is 34.4 Å². The highest BCUT2D eigenvalue weighted by molar-refractivity contribution is 5.82. The highest BCUT2D eigenvalue weighted by atomic mass is 16.5. The second kappa shape index (κ2) is 6.42. The fraction of sp³-hybridized carbons (Fsp3) is 0.529. The Bertz CT molecular complexity index is 557. The summed E-state index contributed by atoms with van der Waals surface area (Å²) in [6.45, 7) is 4.67. The van der Waals surface area contributed by atoms with E-state index in [1.54, 1.807) is 0 Å². The molecule has 108 valence electrons. The first-order valence-electron chi connectivity index (χ1n) is 7.70. The number of para-hydroxylation sites is 1. The van der Waals surface area contributed by atoms with Crippen LogP contribution in [0.3, 0.4) is 0 Å². The Kier molecular flexibility index (Phi) is 4.38. The lowest BCUT2D eigenvalue weighted by Gasteiger charge is -2.25. The molecule has 0 amide bonds. The molecule has 0 aliphatic heterocycles. The van der Waals surface area contributed by atoms with E-state index in [-0.39, 0.29) is 0 Å². The molecular weight excluding hydrogens is 250 g/mol. The van der Waals surface area contributed by atoms with Gasteiger partial charge in [0.15, 0.2) is 0 Å². The number of benzene rings is 1. The molecule has 1 aliphatic carbocycles. The third kappa shape index (κ3) is 2.89. The number of nitrogens with one attached hydrogen (secondary N) is 1. The third-order valence-corrected chi connectivity index (χ3v) is 4.01. The molecule has 0 radical (unpaired) electrons. The molecule has 1 fully saturated rings. The van der Waals surface area contributed by atoms with Crippen molar-refractivity contribution in [1.29, 1.82) is 0 Å². The summed E-state index contributed by atoms with van der Waals surface area (Å²) in [7, 11) is 0. The van der Waals surface area contributed by atoms with Crippen LogP contribution in [0.25, 0.3) is 11.0 Å². The standard InChI is InChI=1S/C17H23NO2/c1-2-10-18-11-15-14-8-3-4-9-16(14)20-17(15)12-19-13-6-5-7-13/h3-4,8-9,13,18H,2,5-7,10-12H2,1H3. The van der Waals surface area contributed by atoms with E-state index in [1.165, 1.54) is 30.2 Å². The fourth-order valence-electron chi connectivity index (χ4n) is 2.58. The van der Waals surface area contributed by atoms with E-state index in [0.29, 0.717) is 12.7 Å². The zero-order chi connectivity index (χ0) is 13.8. The van der Waals surface area contributed by atoms with Crippen LogP contribution in [0.2, 0.25) is 0 Å². The van der Waals surface area contributed by atoms with E-state index in [0.717, 1.165) is 30.9 Å². The largest absolute Gasteiger partial charge is 0.458 e. The van der Waals surface area contributed by atoms with Gasteiger partial charge in [-0.1, -0.05) is 25.1 Å². The predicted octanol–water partition coefficient (Wildman–Crippen LogP) is 4.00. The summed E-state index contributed by atoms with van der Waals surface area (Å²) in [6.07, 6.45) is 5.28. The van der Waals surface area contributed by atoms with Crippen LogP contribution in [0.4, 0.5) is 0 Å². The van der Waals surface area contributed by atoms with Crippen molar-refractivity contribution < 1.29 is 9.15 Å². The average molecular weight is 273 g/mol. The molecule has 1 N–H and O–H groups in total. The first-order chi connectivity index (χ1) is 9.88. The van der Waals surface area contributed by atoms with Gasteiger partial charge in [0.05, 0.1) is 6.10 Å². The molecule has 2 aromatic rings. The molecule has 1 aliphatic rings. The molecule has 1 aromatic heterocycles. The number of fused-ring (bicyclic) bond motifs is 1. The van der Waals surface area contributed by atoms with Crippen molar-refractivity contribution in [1.82, 2.24) is 5.32 Å². The average Bonchev–Trinajstić information content (AvgIpc) is 2.76. The number of ether oxygens (including phenoxy) is 1. The van der Waals surface area contributed by atoms with Crippen LogP contribution in [0.5, 0.6) is 0 Å². The van der Waals surface area contributed by atoms with Crippen molar-refractivity contribution >= 4 is 11.0 Å². The number of hydrogen-bond donors (Lipinski definition) is 1. The van der Waals surface area contributed by atoms with Crippen molar-refractivity contribution in [2.24, 2.45) is 0 Å². The Morgan fingerprint density at radius 2 is 2.15 bits per heavy atom. The van der Waals surface area contributed by atoms with E-state index < -0.39 is 0 Å². The Morgan fingerprint density at radius 3 is 2.90 bits per heavy atom. The number of rotatable bonds is 7. The lowest BCUT2D eigenvalue weighted by atomic mass is 9.96. The summed E-state index contributed by atoms with van der Waals surface area (Å²) in [5, 5.41) is 4.68. The van der Waals surface area contributed by atoms with Crippen LogP contribution in [0.15, 0.2) is 28.7 Å². The molecule has 0 atom stereocenters. The van der Waals surface area contributed by atoms with Crippen LogP contribution in [0.1, 0.15) is 43.9 Å². The fourth-order valence-corrected chi connectivity index (χ4v) is 2.58. The van der Waals surface area contributed by atoms with Gasteiger partial charge in [-0.05, 0) is 38.3 Å². The smallest absolute Gasteiger partial charge is 0.135 e. The van der Waals surface area contributed by atoms with Gasteiger partial charge >= 0.3 is 0 Å². The minimum Gasteiger partial charge on any atom is -0.458 e. The summed E-state index contributed by atoms with van der Waals surface area (Å²) in [4.78, 5) is 0. The van der Waals surface area contributed by atoms with E-state index >= 15 is 0 Å². The highest BCUT2D eigenvalue weighted by Crippen LogP contribution is 2.29. The summed E-state index contributed by atoms with van der Waals surface area (Å²) in [6, 6.07) is 8.25. The van der Waals surface area contributed by atoms with Crippen LogP contribution >= 0.6 is 0 Å². The van der Waals surface area contributed by atoms with Crippen LogP contribution in [-0.4, -0.2) is 12.6 Å². The summed E-state index contributed by atoms with van der Waals surface area (Å²) >= 11 is 0. The van der Waals surface area contributed by atoms with Crippen molar-refractivity contribution in [3.8, 4) is 0 Å². The van der Waals surface area contributed by atoms with Crippen molar-refractivity contribution in [2.45, 2.75) is 51.9 Å². The maximum absolute atomic E-state index is 5.98. The maximum atomic E-state index is 5.98. The summed E-state index contributed by atoms with van der Waals surface area (Å²) in [5.41, 5.74) is 2.22. The van der Waals surface area contributed by atoms with Crippen molar-refractivity contribution in [2.75, 3.05) is 6.54 Å². The minimum atomic E-state index is 0.444. The Balaban J connectivity index is 1.78. The lowest BCUT2D eigenvalue weighted by molar-refractivity contribution is -0.0156. The SMILES string of the molecule is CCCNCc1c(COC2CCC2)oc2ccccc12. The molecule has 1 saturated carbocycles. The van der Waals surface area contributed by atoms with Gasteiger partial charge in [-0.15, -0.1) is 0 Å². The molecule has 20 heavy (non-hydrogen) atoms. The zero-order valence-corrected chi connectivity index (χ0v) is 12.2.